The van der Waals surface area contributed by atoms with E-state index in [9.17, 15) is 27.5 Å². The van der Waals surface area contributed by atoms with Gasteiger partial charge < -0.3 is 5.11 Å². The lowest BCUT2D eigenvalue weighted by Gasteiger charge is -2.32. The molecule has 0 aliphatic carbocycles. The standard InChI is InChI=1S/C17H11BrF4N2O2/c18-12-5-1-11(2-6-12)15(25)24-16(26,17(20,21)22)9-14(23-24)10-3-7-13(19)8-4-10/h1-8,26H,9H2. The van der Waals surface area contributed by atoms with E-state index in [4.69, 9.17) is 0 Å². The summed E-state index contributed by atoms with van der Waals surface area (Å²) in [6.07, 6.45) is -6.09. The van der Waals surface area contributed by atoms with Gasteiger partial charge in [-0.2, -0.15) is 23.3 Å². The lowest BCUT2D eigenvalue weighted by Crippen LogP contribution is -2.56. The Morgan fingerprint density at radius 3 is 2.23 bits per heavy atom. The lowest BCUT2D eigenvalue weighted by molar-refractivity contribution is -0.297. The molecule has 0 fully saturated rings. The molecule has 1 unspecified atom stereocenters. The monoisotopic (exact) mass is 430 g/mol. The zero-order valence-corrected chi connectivity index (χ0v) is 14.6. The van der Waals surface area contributed by atoms with Crippen LogP contribution in [0.3, 0.4) is 0 Å². The lowest BCUT2D eigenvalue weighted by atomic mass is 10.0. The van der Waals surface area contributed by atoms with E-state index < -0.39 is 30.0 Å². The van der Waals surface area contributed by atoms with Crippen molar-refractivity contribution in [3.8, 4) is 0 Å². The molecule has 1 aliphatic rings. The average molecular weight is 431 g/mol. The third-order valence-corrected chi connectivity index (χ3v) is 4.43. The van der Waals surface area contributed by atoms with Crippen LogP contribution in [-0.4, -0.2) is 33.6 Å². The fraction of sp³-hybridized carbons (Fsp3) is 0.176. The molecule has 0 bridgehead atoms. The highest BCUT2D eigenvalue weighted by molar-refractivity contribution is 9.10. The molecule has 1 aliphatic heterocycles. The molecular formula is C17H11BrF4N2O2. The normalized spacial score (nSPS) is 20.2. The van der Waals surface area contributed by atoms with Gasteiger partial charge in [-0.1, -0.05) is 28.1 Å². The molecule has 9 heteroatoms. The summed E-state index contributed by atoms with van der Waals surface area (Å²) in [7, 11) is 0. The van der Waals surface area contributed by atoms with Crippen LogP contribution in [0.15, 0.2) is 58.1 Å². The number of halogens is 5. The molecule has 0 saturated heterocycles. The van der Waals surface area contributed by atoms with Crippen LogP contribution in [-0.2, 0) is 0 Å². The maximum absolute atomic E-state index is 13.5. The highest BCUT2D eigenvalue weighted by Gasteiger charge is 2.63. The van der Waals surface area contributed by atoms with Gasteiger partial charge in [0, 0.05) is 10.0 Å². The van der Waals surface area contributed by atoms with E-state index in [1.54, 1.807) is 0 Å². The zero-order chi connectivity index (χ0) is 19.1. The van der Waals surface area contributed by atoms with Gasteiger partial charge in [0.05, 0.1) is 12.1 Å². The van der Waals surface area contributed by atoms with Gasteiger partial charge in [0.1, 0.15) is 5.82 Å². The third kappa shape index (κ3) is 3.24. The Bertz CT molecular complexity index is 866. The number of aliphatic hydroxyl groups is 1. The smallest absolute Gasteiger partial charge is 0.362 e. The summed E-state index contributed by atoms with van der Waals surface area (Å²) in [4.78, 5) is 12.5. The summed E-state index contributed by atoms with van der Waals surface area (Å²) in [6, 6.07) is 10.2. The minimum atomic E-state index is -5.14. The number of carbonyl (C=O) groups is 1. The number of alkyl halides is 3. The molecule has 136 valence electrons. The van der Waals surface area contributed by atoms with Crippen molar-refractivity contribution in [3.05, 3.63) is 69.9 Å². The number of amides is 1. The first kappa shape index (κ1) is 18.5. The van der Waals surface area contributed by atoms with Crippen LogP contribution in [0.1, 0.15) is 22.3 Å². The molecule has 0 radical (unpaired) electrons. The maximum atomic E-state index is 13.5. The van der Waals surface area contributed by atoms with Crippen LogP contribution in [0.5, 0.6) is 0 Å². The number of nitrogens with zero attached hydrogens (tertiary/aromatic N) is 2. The average Bonchev–Trinajstić information content (AvgIpc) is 2.94. The van der Waals surface area contributed by atoms with Crippen molar-refractivity contribution in [1.29, 1.82) is 0 Å². The van der Waals surface area contributed by atoms with Crippen LogP contribution in [0, 0.1) is 5.82 Å². The quantitative estimate of drug-likeness (QED) is 0.729. The highest BCUT2D eigenvalue weighted by atomic mass is 79.9. The fourth-order valence-corrected chi connectivity index (χ4v) is 2.76. The second kappa shape index (κ2) is 6.48. The number of hydrogen-bond donors (Lipinski definition) is 1. The van der Waals surface area contributed by atoms with Crippen LogP contribution >= 0.6 is 15.9 Å². The second-order valence-electron chi connectivity index (χ2n) is 5.67. The Morgan fingerprint density at radius 2 is 1.69 bits per heavy atom. The van der Waals surface area contributed by atoms with Gasteiger partial charge >= 0.3 is 6.18 Å². The molecule has 1 heterocycles. The molecule has 1 atom stereocenters. The number of benzene rings is 2. The summed E-state index contributed by atoms with van der Waals surface area (Å²) in [5, 5.41) is 14.0. The van der Waals surface area contributed by atoms with E-state index >= 15 is 0 Å². The topological polar surface area (TPSA) is 52.9 Å². The molecule has 4 nitrogen and oxygen atoms in total. The van der Waals surface area contributed by atoms with E-state index in [1.165, 1.54) is 36.4 Å². The molecule has 0 saturated carbocycles. The second-order valence-corrected chi connectivity index (χ2v) is 6.58. The first-order valence-corrected chi connectivity index (χ1v) is 8.14. The van der Waals surface area contributed by atoms with Crippen molar-refractivity contribution in [2.75, 3.05) is 0 Å². The molecule has 2 aromatic rings. The molecule has 0 spiro atoms. The summed E-state index contributed by atoms with van der Waals surface area (Å²) >= 11 is 3.17. The minimum Gasteiger partial charge on any atom is -0.362 e. The van der Waals surface area contributed by atoms with E-state index in [2.05, 4.69) is 21.0 Å². The number of carbonyl (C=O) groups excluding carboxylic acids is 1. The summed E-state index contributed by atoms with van der Waals surface area (Å²) in [6.45, 7) is 0. The largest absolute Gasteiger partial charge is 0.438 e. The molecule has 3 rings (SSSR count). The summed E-state index contributed by atoms with van der Waals surface area (Å²) in [5.41, 5.74) is -3.55. The third-order valence-electron chi connectivity index (χ3n) is 3.90. The van der Waals surface area contributed by atoms with Gasteiger partial charge in [-0.15, -0.1) is 0 Å². The molecular weight excluding hydrogens is 420 g/mol. The Hall–Kier alpha value is -2.26. The molecule has 1 N–H and O–H groups in total. The van der Waals surface area contributed by atoms with Crippen molar-refractivity contribution in [3.63, 3.8) is 0 Å². The van der Waals surface area contributed by atoms with Crippen molar-refractivity contribution >= 4 is 27.5 Å². The highest BCUT2D eigenvalue weighted by Crippen LogP contribution is 2.42. The van der Waals surface area contributed by atoms with Crippen LogP contribution in [0.25, 0.3) is 0 Å². The SMILES string of the molecule is O=C(c1ccc(Br)cc1)N1N=C(c2ccc(F)cc2)CC1(O)C(F)(F)F. The predicted molar refractivity (Wildman–Crippen MR) is 88.9 cm³/mol. The molecule has 26 heavy (non-hydrogen) atoms. The fourth-order valence-electron chi connectivity index (χ4n) is 2.50. The zero-order valence-electron chi connectivity index (χ0n) is 13.0. The molecule has 0 aromatic heterocycles. The van der Waals surface area contributed by atoms with Gasteiger partial charge in [0.15, 0.2) is 0 Å². The van der Waals surface area contributed by atoms with Gasteiger partial charge in [-0.25, -0.2) is 4.39 Å². The number of hydrogen-bond acceptors (Lipinski definition) is 3. The predicted octanol–water partition coefficient (Wildman–Crippen LogP) is 4.09. The van der Waals surface area contributed by atoms with Crippen LogP contribution in [0.4, 0.5) is 17.6 Å². The Balaban J connectivity index is 2.03. The van der Waals surface area contributed by atoms with Crippen molar-refractivity contribution in [2.45, 2.75) is 18.3 Å². The first-order valence-electron chi connectivity index (χ1n) is 7.34. The van der Waals surface area contributed by atoms with E-state index in [-0.39, 0.29) is 21.8 Å². The van der Waals surface area contributed by atoms with Gasteiger partial charge in [0.2, 0.25) is 0 Å². The van der Waals surface area contributed by atoms with E-state index in [0.29, 0.717) is 4.47 Å². The van der Waals surface area contributed by atoms with Gasteiger partial charge in [-0.3, -0.25) is 4.79 Å². The minimum absolute atomic E-state index is 0.0366. The summed E-state index contributed by atoms with van der Waals surface area (Å²) in [5.74, 6) is -1.67. The Morgan fingerprint density at radius 1 is 1.12 bits per heavy atom. The van der Waals surface area contributed by atoms with E-state index in [1.807, 2.05) is 0 Å². The molecule has 1 amide bonds. The van der Waals surface area contributed by atoms with Gasteiger partial charge in [-0.05, 0) is 42.0 Å². The van der Waals surface area contributed by atoms with Crippen molar-refractivity contribution in [1.82, 2.24) is 5.01 Å². The van der Waals surface area contributed by atoms with Gasteiger partial charge in [0.25, 0.3) is 11.6 Å². The summed E-state index contributed by atoms with van der Waals surface area (Å²) < 4.78 is 54.2. The molecule has 2 aromatic carbocycles. The Kier molecular flexibility index (Phi) is 4.61. The van der Waals surface area contributed by atoms with E-state index in [0.717, 1.165) is 12.1 Å². The first-order chi connectivity index (χ1) is 12.1. The number of hydrazone groups is 1. The van der Waals surface area contributed by atoms with Crippen molar-refractivity contribution in [2.24, 2.45) is 5.10 Å². The van der Waals surface area contributed by atoms with Crippen LogP contribution < -0.4 is 0 Å². The maximum Gasteiger partial charge on any atom is 0.438 e. The Labute approximate surface area is 153 Å². The van der Waals surface area contributed by atoms with Crippen LogP contribution in [0.2, 0.25) is 0 Å². The van der Waals surface area contributed by atoms with Crippen molar-refractivity contribution < 1.29 is 27.5 Å². The number of rotatable bonds is 2.